The molecule has 1 rings (SSSR count). The molecule has 1 N–H and O–H groups in total. The normalized spacial score (nSPS) is 9.84. The van der Waals surface area contributed by atoms with Crippen LogP contribution >= 0.6 is 0 Å². The average Bonchev–Trinajstić information content (AvgIpc) is 2.37. The Morgan fingerprint density at radius 1 is 1.32 bits per heavy atom. The molecule has 104 valence electrons. The maximum atomic E-state index is 11.7. The number of ether oxygens (including phenoxy) is 2. The topological polar surface area (TPSA) is 76.1 Å². The number of carboxylic acids is 1. The molecule has 0 fully saturated rings. The highest BCUT2D eigenvalue weighted by atomic mass is 16.6. The van der Waals surface area contributed by atoms with Crippen LogP contribution in [0.5, 0.6) is 11.5 Å². The van der Waals surface area contributed by atoms with Crippen LogP contribution in [0.25, 0.3) is 0 Å². The van der Waals surface area contributed by atoms with Gasteiger partial charge in [-0.1, -0.05) is 6.07 Å². The third-order valence-corrected chi connectivity index (χ3v) is 2.49. The lowest BCUT2D eigenvalue weighted by molar-refractivity contribution is -0.137. The van der Waals surface area contributed by atoms with Gasteiger partial charge < -0.3 is 19.5 Å². The Balaban J connectivity index is 2.68. The molecule has 0 atom stereocenters. The van der Waals surface area contributed by atoms with E-state index in [0.29, 0.717) is 11.5 Å². The summed E-state index contributed by atoms with van der Waals surface area (Å²) in [6.07, 6.45) is -0.750. The van der Waals surface area contributed by atoms with Gasteiger partial charge in [0.25, 0.3) is 0 Å². The molecule has 0 saturated carbocycles. The molecule has 0 aliphatic rings. The first-order chi connectivity index (χ1) is 8.93. The fourth-order valence-electron chi connectivity index (χ4n) is 1.39. The van der Waals surface area contributed by atoms with E-state index in [-0.39, 0.29) is 13.0 Å². The predicted octanol–water partition coefficient (Wildman–Crippen LogP) is 1.91. The highest BCUT2D eigenvalue weighted by Crippen LogP contribution is 2.28. The van der Waals surface area contributed by atoms with E-state index in [0.717, 1.165) is 5.56 Å². The van der Waals surface area contributed by atoms with Crippen LogP contribution < -0.4 is 9.47 Å². The second kappa shape index (κ2) is 6.63. The van der Waals surface area contributed by atoms with E-state index in [1.165, 1.54) is 19.1 Å². The Morgan fingerprint density at radius 2 is 2.00 bits per heavy atom. The van der Waals surface area contributed by atoms with Crippen molar-refractivity contribution >= 4 is 12.1 Å². The summed E-state index contributed by atoms with van der Waals surface area (Å²) in [5.74, 6) is -0.201. The molecule has 0 aromatic heterocycles. The second-order valence-electron chi connectivity index (χ2n) is 4.09. The lowest BCUT2D eigenvalue weighted by atomic mass is 10.2. The van der Waals surface area contributed by atoms with E-state index in [1.807, 2.05) is 6.92 Å². The van der Waals surface area contributed by atoms with Crippen molar-refractivity contribution in [2.75, 3.05) is 20.7 Å². The maximum absolute atomic E-state index is 11.7. The number of nitrogens with zero attached hydrogens (tertiary/aromatic N) is 1. The molecule has 1 aromatic rings. The first-order valence-corrected chi connectivity index (χ1v) is 5.73. The number of benzene rings is 1. The Hall–Kier alpha value is -2.24. The monoisotopic (exact) mass is 267 g/mol. The zero-order valence-electron chi connectivity index (χ0n) is 11.2. The van der Waals surface area contributed by atoms with Gasteiger partial charge in [0.05, 0.1) is 13.5 Å². The Morgan fingerprint density at radius 3 is 2.58 bits per heavy atom. The van der Waals surface area contributed by atoms with Crippen LogP contribution in [0.4, 0.5) is 4.79 Å². The molecule has 0 spiro atoms. The average molecular weight is 267 g/mol. The van der Waals surface area contributed by atoms with E-state index in [2.05, 4.69) is 0 Å². The van der Waals surface area contributed by atoms with Gasteiger partial charge in [-0.05, 0) is 24.6 Å². The molecule has 0 saturated heterocycles. The number of carboxylic acid groups (broad SMARTS) is 1. The molecule has 0 unspecified atom stereocenters. The summed E-state index contributed by atoms with van der Waals surface area (Å²) < 4.78 is 10.3. The largest absolute Gasteiger partial charge is 0.493 e. The predicted molar refractivity (Wildman–Crippen MR) is 68.6 cm³/mol. The number of carbonyl (C=O) groups excluding carboxylic acids is 1. The lowest BCUT2D eigenvalue weighted by Gasteiger charge is -2.17. The van der Waals surface area contributed by atoms with Crippen LogP contribution in [0.3, 0.4) is 0 Å². The van der Waals surface area contributed by atoms with Crippen LogP contribution in [-0.2, 0) is 4.79 Å². The zero-order chi connectivity index (χ0) is 14.4. The van der Waals surface area contributed by atoms with Crippen molar-refractivity contribution in [1.29, 1.82) is 0 Å². The van der Waals surface area contributed by atoms with Crippen LogP contribution in [-0.4, -0.2) is 42.8 Å². The van der Waals surface area contributed by atoms with Gasteiger partial charge in [-0.25, -0.2) is 4.79 Å². The van der Waals surface area contributed by atoms with Crippen LogP contribution in [0.15, 0.2) is 18.2 Å². The first kappa shape index (κ1) is 14.8. The van der Waals surface area contributed by atoms with E-state index >= 15 is 0 Å². The number of aliphatic carboxylic acids is 1. The smallest absolute Gasteiger partial charge is 0.415 e. The zero-order valence-corrected chi connectivity index (χ0v) is 11.2. The van der Waals surface area contributed by atoms with Crippen LogP contribution in [0, 0.1) is 6.92 Å². The van der Waals surface area contributed by atoms with Crippen LogP contribution in [0.2, 0.25) is 0 Å². The molecule has 0 radical (unpaired) electrons. The fourth-order valence-corrected chi connectivity index (χ4v) is 1.39. The number of aryl methyl sites for hydroxylation is 1. The van der Waals surface area contributed by atoms with Gasteiger partial charge in [0, 0.05) is 13.6 Å². The van der Waals surface area contributed by atoms with Crippen molar-refractivity contribution in [3.05, 3.63) is 23.8 Å². The minimum absolute atomic E-state index is 0.0857. The molecule has 0 heterocycles. The molecule has 1 aromatic carbocycles. The SMILES string of the molecule is COc1cc(C)ccc1OC(=O)N(C)CCC(=O)O. The summed E-state index contributed by atoms with van der Waals surface area (Å²) in [5, 5.41) is 8.55. The molecule has 0 aliphatic heterocycles. The summed E-state index contributed by atoms with van der Waals surface area (Å²) in [6.45, 7) is 1.98. The summed E-state index contributed by atoms with van der Waals surface area (Å²) in [5.41, 5.74) is 0.982. The highest BCUT2D eigenvalue weighted by Gasteiger charge is 2.15. The quantitative estimate of drug-likeness (QED) is 0.881. The van der Waals surface area contributed by atoms with Gasteiger partial charge in [-0.2, -0.15) is 0 Å². The van der Waals surface area contributed by atoms with Crippen molar-refractivity contribution in [1.82, 2.24) is 4.90 Å². The summed E-state index contributed by atoms with van der Waals surface area (Å²) in [4.78, 5) is 23.4. The third-order valence-electron chi connectivity index (χ3n) is 2.49. The fraction of sp³-hybridized carbons (Fsp3) is 0.385. The Kier molecular flexibility index (Phi) is 5.17. The second-order valence-corrected chi connectivity index (χ2v) is 4.09. The van der Waals surface area contributed by atoms with Crippen LogP contribution in [0.1, 0.15) is 12.0 Å². The third kappa shape index (κ3) is 4.50. The first-order valence-electron chi connectivity index (χ1n) is 5.73. The number of hydrogen-bond donors (Lipinski definition) is 1. The van der Waals surface area contributed by atoms with Crippen molar-refractivity contribution in [3.63, 3.8) is 0 Å². The van der Waals surface area contributed by atoms with Gasteiger partial charge in [0.15, 0.2) is 11.5 Å². The van der Waals surface area contributed by atoms with Gasteiger partial charge >= 0.3 is 12.1 Å². The Labute approximate surface area is 111 Å². The van der Waals surface area contributed by atoms with E-state index in [9.17, 15) is 9.59 Å². The molecule has 6 nitrogen and oxygen atoms in total. The molecular formula is C13H17NO5. The van der Waals surface area contributed by atoms with Gasteiger partial charge in [-0.3, -0.25) is 4.79 Å². The summed E-state index contributed by atoms with van der Waals surface area (Å²) in [7, 11) is 2.96. The maximum Gasteiger partial charge on any atom is 0.415 e. The van der Waals surface area contributed by atoms with Crippen molar-refractivity contribution in [3.8, 4) is 11.5 Å². The van der Waals surface area contributed by atoms with Gasteiger partial charge in [0.2, 0.25) is 0 Å². The summed E-state index contributed by atoms with van der Waals surface area (Å²) >= 11 is 0. The van der Waals surface area contributed by atoms with Gasteiger partial charge in [-0.15, -0.1) is 0 Å². The summed E-state index contributed by atoms with van der Waals surface area (Å²) in [6, 6.07) is 5.18. The van der Waals surface area contributed by atoms with E-state index in [1.54, 1.807) is 18.2 Å². The standard InChI is InChI=1S/C13H17NO5/c1-9-4-5-10(11(8-9)18-3)19-13(17)14(2)7-6-12(15)16/h4-5,8H,6-7H2,1-3H3,(H,15,16). The van der Waals surface area contributed by atoms with Crippen molar-refractivity contribution in [2.24, 2.45) is 0 Å². The number of methoxy groups -OCH3 is 1. The molecule has 19 heavy (non-hydrogen) atoms. The van der Waals surface area contributed by atoms with E-state index in [4.69, 9.17) is 14.6 Å². The Bertz CT molecular complexity index is 472. The number of rotatable bonds is 5. The van der Waals surface area contributed by atoms with Gasteiger partial charge in [0.1, 0.15) is 0 Å². The van der Waals surface area contributed by atoms with Crippen molar-refractivity contribution < 1.29 is 24.2 Å². The molecular weight excluding hydrogens is 250 g/mol. The molecule has 0 bridgehead atoms. The molecule has 6 heteroatoms. The molecule has 1 amide bonds. The van der Waals surface area contributed by atoms with Crippen molar-refractivity contribution in [2.45, 2.75) is 13.3 Å². The lowest BCUT2D eigenvalue weighted by Crippen LogP contribution is -2.31. The number of hydrogen-bond acceptors (Lipinski definition) is 4. The number of amides is 1. The minimum Gasteiger partial charge on any atom is -0.493 e. The highest BCUT2D eigenvalue weighted by molar-refractivity contribution is 5.73. The number of carbonyl (C=O) groups is 2. The molecule has 0 aliphatic carbocycles. The minimum atomic E-state index is -0.965. The van der Waals surface area contributed by atoms with E-state index < -0.39 is 12.1 Å².